The largest absolute Gasteiger partial charge is 0.479 e. The van der Waals surface area contributed by atoms with Gasteiger partial charge in [-0.1, -0.05) is 12.1 Å². The fraction of sp³-hybridized carbons (Fsp3) is 0.294. The van der Waals surface area contributed by atoms with Crippen LogP contribution in [0.3, 0.4) is 0 Å². The smallest absolute Gasteiger partial charge is 0.267 e. The van der Waals surface area contributed by atoms with E-state index < -0.39 is 6.10 Å². The molecule has 120 valence electrons. The summed E-state index contributed by atoms with van der Waals surface area (Å²) in [7, 11) is 0. The molecule has 1 aromatic carbocycles. The average Bonchev–Trinajstić information content (AvgIpc) is 3.07. The third-order valence-electron chi connectivity index (χ3n) is 3.68. The van der Waals surface area contributed by atoms with Gasteiger partial charge in [-0.15, -0.1) is 0 Å². The molecule has 0 spiro atoms. The molecular weight excluding hydrogens is 296 g/mol. The second-order valence-corrected chi connectivity index (χ2v) is 5.32. The molecular formula is C17H18N2O4. The Morgan fingerprint density at radius 2 is 2.09 bits per heavy atom. The number of carbonyl (C=O) groups is 2. The highest BCUT2D eigenvalue weighted by atomic mass is 16.5. The van der Waals surface area contributed by atoms with Crippen LogP contribution >= 0.6 is 0 Å². The van der Waals surface area contributed by atoms with Crippen LogP contribution in [0.4, 0.5) is 5.69 Å². The molecule has 0 unspecified atom stereocenters. The van der Waals surface area contributed by atoms with Crippen molar-refractivity contribution in [2.24, 2.45) is 0 Å². The summed E-state index contributed by atoms with van der Waals surface area (Å²) in [6.07, 6.45) is 1.23. The van der Waals surface area contributed by atoms with Crippen LogP contribution in [0.1, 0.15) is 19.1 Å². The molecule has 2 amide bonds. The number of rotatable bonds is 5. The molecule has 1 aliphatic rings. The lowest BCUT2D eigenvalue weighted by Crippen LogP contribution is -2.45. The molecule has 0 saturated carbocycles. The van der Waals surface area contributed by atoms with Gasteiger partial charge in [0, 0.05) is 13.0 Å². The first-order valence-electron chi connectivity index (χ1n) is 7.51. The van der Waals surface area contributed by atoms with E-state index in [0.717, 1.165) is 0 Å². The zero-order valence-electron chi connectivity index (χ0n) is 12.8. The van der Waals surface area contributed by atoms with E-state index in [1.54, 1.807) is 30.2 Å². The highest BCUT2D eigenvalue weighted by Gasteiger charge is 2.31. The van der Waals surface area contributed by atoms with Gasteiger partial charge in [0.15, 0.2) is 6.10 Å². The summed E-state index contributed by atoms with van der Waals surface area (Å²) in [4.78, 5) is 25.9. The van der Waals surface area contributed by atoms with Crippen molar-refractivity contribution in [2.75, 3.05) is 11.4 Å². The van der Waals surface area contributed by atoms with Crippen LogP contribution in [-0.4, -0.2) is 24.5 Å². The van der Waals surface area contributed by atoms with Crippen molar-refractivity contribution in [1.29, 1.82) is 0 Å². The van der Waals surface area contributed by atoms with Crippen LogP contribution in [0.25, 0.3) is 0 Å². The van der Waals surface area contributed by atoms with Crippen LogP contribution in [0, 0.1) is 0 Å². The third kappa shape index (κ3) is 3.36. The van der Waals surface area contributed by atoms with Gasteiger partial charge in [0.2, 0.25) is 5.91 Å². The second kappa shape index (κ2) is 6.56. The van der Waals surface area contributed by atoms with Gasteiger partial charge in [-0.2, -0.15) is 0 Å². The minimum absolute atomic E-state index is 0.133. The molecule has 0 aliphatic carbocycles. The van der Waals surface area contributed by atoms with Gasteiger partial charge >= 0.3 is 0 Å². The monoisotopic (exact) mass is 314 g/mol. The number of nitrogens with one attached hydrogen (secondary N) is 1. The van der Waals surface area contributed by atoms with E-state index in [1.165, 1.54) is 0 Å². The van der Waals surface area contributed by atoms with Crippen LogP contribution < -0.4 is 15.0 Å². The molecule has 2 aromatic rings. The van der Waals surface area contributed by atoms with Gasteiger partial charge < -0.3 is 19.4 Å². The quantitative estimate of drug-likeness (QED) is 0.917. The summed E-state index contributed by atoms with van der Waals surface area (Å²) in [5.74, 6) is 1.09. The topological polar surface area (TPSA) is 71.8 Å². The standard InChI is InChI=1S/C17H18N2O4/c1-12-17(21)19(14-6-2-3-7-15(14)23-12)9-8-16(20)18-11-13-5-4-10-22-13/h2-7,10,12H,8-9,11H2,1H3,(H,18,20)/t12-/m1/s1. The molecule has 1 N–H and O–H groups in total. The summed E-state index contributed by atoms with van der Waals surface area (Å²) < 4.78 is 10.7. The van der Waals surface area contributed by atoms with E-state index in [-0.39, 0.29) is 18.2 Å². The normalized spacial score (nSPS) is 16.7. The number of benzene rings is 1. The number of fused-ring (bicyclic) bond motifs is 1. The predicted molar refractivity (Wildman–Crippen MR) is 84.1 cm³/mol. The molecule has 0 radical (unpaired) electrons. The van der Waals surface area contributed by atoms with Crippen LogP contribution in [0.5, 0.6) is 5.75 Å². The number of hydrogen-bond donors (Lipinski definition) is 1. The number of para-hydroxylation sites is 2. The van der Waals surface area contributed by atoms with Crippen LogP contribution in [-0.2, 0) is 16.1 Å². The first-order valence-corrected chi connectivity index (χ1v) is 7.51. The van der Waals surface area contributed by atoms with E-state index in [9.17, 15) is 9.59 Å². The summed E-state index contributed by atoms with van der Waals surface area (Å²) in [5.41, 5.74) is 0.703. The Labute approximate surface area is 134 Å². The molecule has 6 nitrogen and oxygen atoms in total. The first kappa shape index (κ1) is 15.1. The van der Waals surface area contributed by atoms with Gasteiger partial charge in [-0.05, 0) is 31.2 Å². The summed E-state index contributed by atoms with van der Waals surface area (Å²) in [6.45, 7) is 2.37. The van der Waals surface area contributed by atoms with Crippen molar-refractivity contribution in [1.82, 2.24) is 5.32 Å². The Morgan fingerprint density at radius 3 is 2.87 bits per heavy atom. The maximum atomic E-state index is 12.3. The fourth-order valence-corrected chi connectivity index (χ4v) is 2.49. The zero-order valence-corrected chi connectivity index (χ0v) is 12.8. The van der Waals surface area contributed by atoms with E-state index in [2.05, 4.69) is 5.32 Å². The fourth-order valence-electron chi connectivity index (χ4n) is 2.49. The Bertz CT molecular complexity index is 696. The highest BCUT2D eigenvalue weighted by molar-refractivity contribution is 6.00. The Balaban J connectivity index is 1.60. The first-order chi connectivity index (χ1) is 11.1. The zero-order chi connectivity index (χ0) is 16.2. The molecule has 0 saturated heterocycles. The summed E-state index contributed by atoms with van der Waals surface area (Å²) in [5, 5.41) is 2.77. The molecule has 0 fully saturated rings. The minimum Gasteiger partial charge on any atom is -0.479 e. The van der Waals surface area contributed by atoms with Gasteiger partial charge in [0.1, 0.15) is 11.5 Å². The van der Waals surface area contributed by atoms with E-state index in [0.29, 0.717) is 30.3 Å². The number of carbonyl (C=O) groups excluding carboxylic acids is 2. The van der Waals surface area contributed by atoms with Crippen LogP contribution in [0.15, 0.2) is 47.1 Å². The number of furan rings is 1. The molecule has 1 atom stereocenters. The van der Waals surface area contributed by atoms with Crippen molar-refractivity contribution in [2.45, 2.75) is 26.0 Å². The lowest BCUT2D eigenvalue weighted by molar-refractivity contribution is -0.125. The molecule has 1 aromatic heterocycles. The molecule has 1 aliphatic heterocycles. The predicted octanol–water partition coefficient (Wildman–Crippen LogP) is 2.10. The van der Waals surface area contributed by atoms with E-state index >= 15 is 0 Å². The summed E-state index contributed by atoms with van der Waals surface area (Å²) in [6, 6.07) is 10.9. The molecule has 6 heteroatoms. The van der Waals surface area contributed by atoms with E-state index in [4.69, 9.17) is 9.15 Å². The Morgan fingerprint density at radius 1 is 1.26 bits per heavy atom. The van der Waals surface area contributed by atoms with Crippen molar-refractivity contribution in [3.05, 3.63) is 48.4 Å². The van der Waals surface area contributed by atoms with Crippen molar-refractivity contribution in [3.63, 3.8) is 0 Å². The number of amides is 2. The lowest BCUT2D eigenvalue weighted by atomic mass is 10.1. The molecule has 3 rings (SSSR count). The van der Waals surface area contributed by atoms with Gasteiger partial charge in [-0.3, -0.25) is 9.59 Å². The number of hydrogen-bond acceptors (Lipinski definition) is 4. The molecule has 0 bridgehead atoms. The van der Waals surface area contributed by atoms with Gasteiger partial charge in [-0.25, -0.2) is 0 Å². The SMILES string of the molecule is C[C@H]1Oc2ccccc2N(CCC(=O)NCc2ccco2)C1=O. The Kier molecular flexibility index (Phi) is 4.32. The number of anilines is 1. The molecule has 2 heterocycles. The third-order valence-corrected chi connectivity index (χ3v) is 3.68. The number of ether oxygens (including phenoxy) is 1. The average molecular weight is 314 g/mol. The second-order valence-electron chi connectivity index (χ2n) is 5.32. The maximum absolute atomic E-state index is 12.3. The lowest BCUT2D eigenvalue weighted by Gasteiger charge is -2.32. The maximum Gasteiger partial charge on any atom is 0.267 e. The van der Waals surface area contributed by atoms with Crippen molar-refractivity contribution < 1.29 is 18.7 Å². The van der Waals surface area contributed by atoms with Gasteiger partial charge in [0.25, 0.3) is 5.91 Å². The Hall–Kier alpha value is -2.76. The van der Waals surface area contributed by atoms with E-state index in [1.807, 2.05) is 24.3 Å². The van der Waals surface area contributed by atoms with Gasteiger partial charge in [0.05, 0.1) is 18.5 Å². The summed E-state index contributed by atoms with van der Waals surface area (Å²) >= 11 is 0. The van der Waals surface area contributed by atoms with Crippen molar-refractivity contribution in [3.8, 4) is 5.75 Å². The molecule has 23 heavy (non-hydrogen) atoms. The number of nitrogens with zero attached hydrogens (tertiary/aromatic N) is 1. The minimum atomic E-state index is -0.545. The highest BCUT2D eigenvalue weighted by Crippen LogP contribution is 2.33. The van der Waals surface area contributed by atoms with Crippen molar-refractivity contribution >= 4 is 17.5 Å². The van der Waals surface area contributed by atoms with Crippen LogP contribution in [0.2, 0.25) is 0 Å².